The van der Waals surface area contributed by atoms with E-state index in [1.807, 2.05) is 0 Å². The second-order valence-electron chi connectivity index (χ2n) is 7.33. The van der Waals surface area contributed by atoms with Crippen LogP contribution >= 0.6 is 23.2 Å². The van der Waals surface area contributed by atoms with Crippen LogP contribution in [0.4, 0.5) is 11.4 Å². The first-order chi connectivity index (χ1) is 16.3. The molecule has 12 heteroatoms. The van der Waals surface area contributed by atoms with E-state index < -0.39 is 6.29 Å². The molecular weight excluding hydrogens is 475 g/mol. The van der Waals surface area contributed by atoms with Gasteiger partial charge in [-0.2, -0.15) is 4.99 Å². The molecule has 1 atom stereocenters. The molecule has 0 bridgehead atoms. The van der Waals surface area contributed by atoms with Crippen LogP contribution in [-0.4, -0.2) is 37.3 Å². The van der Waals surface area contributed by atoms with Crippen molar-refractivity contribution < 1.29 is 0 Å². The van der Waals surface area contributed by atoms with E-state index in [1.54, 1.807) is 48.5 Å². The van der Waals surface area contributed by atoms with E-state index in [0.717, 1.165) is 43.6 Å². The summed E-state index contributed by atoms with van der Waals surface area (Å²) in [5.41, 5.74) is 25.0. The number of nitrogens with two attached hydrogens (primary N) is 4. The predicted octanol–water partition coefficient (Wildman–Crippen LogP) is 2.85. The summed E-state index contributed by atoms with van der Waals surface area (Å²) >= 11 is 11.7. The number of nitrogens with zero attached hydrogens (tertiary/aromatic N) is 3. The molecule has 0 aliphatic rings. The van der Waals surface area contributed by atoms with Gasteiger partial charge in [0, 0.05) is 28.0 Å². The summed E-state index contributed by atoms with van der Waals surface area (Å²) < 4.78 is 0. The van der Waals surface area contributed by atoms with Gasteiger partial charge in [-0.25, -0.2) is 4.99 Å². The maximum Gasteiger partial charge on any atom is 0.218 e. The molecule has 2 aromatic rings. The predicted molar refractivity (Wildman–Crippen MR) is 144 cm³/mol. The molecule has 0 aliphatic carbocycles. The molecule has 2 rings (SSSR count). The zero-order valence-electron chi connectivity index (χ0n) is 18.8. The van der Waals surface area contributed by atoms with E-state index in [-0.39, 0.29) is 17.9 Å². The summed E-state index contributed by atoms with van der Waals surface area (Å²) in [6.45, 7) is 1.30. The Kier molecular flexibility index (Phi) is 12.0. The van der Waals surface area contributed by atoms with Crippen LogP contribution in [0.15, 0.2) is 63.5 Å². The second kappa shape index (κ2) is 15.0. The van der Waals surface area contributed by atoms with Crippen molar-refractivity contribution in [2.24, 2.45) is 37.9 Å². The van der Waals surface area contributed by atoms with Crippen LogP contribution in [-0.2, 0) is 0 Å². The number of unbranched alkanes of at least 4 members (excludes halogenated alkanes) is 3. The zero-order valence-corrected chi connectivity index (χ0v) is 20.4. The Morgan fingerprint density at radius 3 is 1.88 bits per heavy atom. The fourth-order valence-corrected chi connectivity index (χ4v) is 3.06. The van der Waals surface area contributed by atoms with Gasteiger partial charge in [0.2, 0.25) is 11.9 Å². The molecule has 184 valence electrons. The molecule has 2 aromatic carbocycles. The van der Waals surface area contributed by atoms with Crippen molar-refractivity contribution in [1.82, 2.24) is 5.32 Å². The van der Waals surface area contributed by atoms with Crippen LogP contribution in [0.1, 0.15) is 25.7 Å². The minimum Gasteiger partial charge on any atom is -0.370 e. The van der Waals surface area contributed by atoms with Gasteiger partial charge in [0.15, 0.2) is 12.2 Å². The quantitative estimate of drug-likeness (QED) is 0.106. The lowest BCUT2D eigenvalue weighted by Gasteiger charge is -2.11. The van der Waals surface area contributed by atoms with Crippen molar-refractivity contribution in [2.45, 2.75) is 32.0 Å². The highest BCUT2D eigenvalue weighted by atomic mass is 35.5. The molecule has 0 saturated carbocycles. The van der Waals surface area contributed by atoms with Gasteiger partial charge >= 0.3 is 0 Å². The first-order valence-electron chi connectivity index (χ1n) is 10.8. The fraction of sp³-hybridized carbons (Fsp3) is 0.318. The number of anilines is 2. The number of benzene rings is 2. The number of halogens is 2. The minimum absolute atomic E-state index is 0.134. The molecule has 0 radical (unpaired) electrons. The third-order valence-electron chi connectivity index (χ3n) is 4.46. The molecule has 0 aromatic heterocycles. The summed E-state index contributed by atoms with van der Waals surface area (Å²) in [6, 6.07) is 14.2. The average Bonchev–Trinajstić information content (AvgIpc) is 2.78. The molecule has 1 unspecified atom stereocenters. The van der Waals surface area contributed by atoms with Gasteiger partial charge in [0.05, 0.1) is 0 Å². The highest BCUT2D eigenvalue weighted by molar-refractivity contribution is 6.31. The van der Waals surface area contributed by atoms with Crippen molar-refractivity contribution in [3.8, 4) is 0 Å². The van der Waals surface area contributed by atoms with Gasteiger partial charge in [-0.15, -0.1) is 0 Å². The van der Waals surface area contributed by atoms with Crippen LogP contribution in [0, 0.1) is 0 Å². The van der Waals surface area contributed by atoms with E-state index in [4.69, 9.17) is 46.1 Å². The van der Waals surface area contributed by atoms with Gasteiger partial charge in [0.25, 0.3) is 0 Å². The topological polar surface area (TPSA) is 177 Å². The summed E-state index contributed by atoms with van der Waals surface area (Å²) in [5, 5.41) is 10.3. The van der Waals surface area contributed by atoms with Crippen LogP contribution in [0.3, 0.4) is 0 Å². The molecule has 0 heterocycles. The van der Waals surface area contributed by atoms with Crippen LogP contribution in [0.5, 0.6) is 0 Å². The third-order valence-corrected chi connectivity index (χ3v) is 4.96. The lowest BCUT2D eigenvalue weighted by molar-refractivity contribution is 0.516. The van der Waals surface area contributed by atoms with Gasteiger partial charge in [0.1, 0.15) is 0 Å². The van der Waals surface area contributed by atoms with Gasteiger partial charge in [-0.3, -0.25) is 16.0 Å². The molecule has 0 fully saturated rings. The number of nitrogens with one attached hydrogen (secondary N) is 3. The van der Waals surface area contributed by atoms with E-state index >= 15 is 0 Å². The Labute approximate surface area is 209 Å². The SMILES string of the molecule is NC(=NCCCCCCNC(N)N=C(N)Nc1ccc(Cl)cc1)N=C(N)Nc1ccc(Cl)cc1. The highest BCUT2D eigenvalue weighted by Crippen LogP contribution is 2.13. The van der Waals surface area contributed by atoms with Crippen molar-refractivity contribution >= 4 is 52.5 Å². The van der Waals surface area contributed by atoms with Crippen molar-refractivity contribution in [3.05, 3.63) is 58.6 Å². The van der Waals surface area contributed by atoms with Crippen molar-refractivity contribution in [2.75, 3.05) is 23.7 Å². The highest BCUT2D eigenvalue weighted by Gasteiger charge is 2.01. The molecule has 0 aliphatic heterocycles. The molecule has 0 amide bonds. The summed E-state index contributed by atoms with van der Waals surface area (Å²) in [5.74, 6) is 0.524. The van der Waals surface area contributed by atoms with E-state index in [2.05, 4.69) is 30.9 Å². The molecule has 34 heavy (non-hydrogen) atoms. The number of rotatable bonds is 11. The molecular formula is C22H32Cl2N10. The molecule has 11 N–H and O–H groups in total. The first-order valence-corrected chi connectivity index (χ1v) is 11.6. The van der Waals surface area contributed by atoms with Gasteiger partial charge in [-0.1, -0.05) is 36.0 Å². The van der Waals surface area contributed by atoms with Gasteiger partial charge < -0.3 is 27.8 Å². The monoisotopic (exact) mass is 506 g/mol. The Hall–Kier alpha value is -3.05. The third kappa shape index (κ3) is 11.7. The van der Waals surface area contributed by atoms with Crippen LogP contribution in [0.2, 0.25) is 10.0 Å². The second-order valence-corrected chi connectivity index (χ2v) is 8.20. The fourth-order valence-electron chi connectivity index (χ4n) is 2.81. The Morgan fingerprint density at radius 1 is 0.765 bits per heavy atom. The zero-order chi connectivity index (χ0) is 24.8. The number of guanidine groups is 3. The summed E-state index contributed by atoms with van der Waals surface area (Å²) in [6.07, 6.45) is 3.26. The Morgan fingerprint density at radius 2 is 1.29 bits per heavy atom. The standard InChI is InChI=1S/C22H32Cl2N10/c23-15-5-9-17(10-6-15)31-21(27)33-19(25)29-13-3-1-2-4-14-30-20(26)34-22(28)32-18-11-7-16(24)8-12-18/h5-12,19,29H,1-4,13-14,25H2,(H3,27,31,33)(H5,26,28,30,32,34). The first kappa shape index (κ1) is 27.2. The lowest BCUT2D eigenvalue weighted by Crippen LogP contribution is -2.39. The number of hydrogen-bond acceptors (Lipinski definition) is 4. The summed E-state index contributed by atoms with van der Waals surface area (Å²) in [7, 11) is 0. The van der Waals surface area contributed by atoms with E-state index in [1.165, 1.54) is 0 Å². The minimum atomic E-state index is -0.589. The molecule has 10 nitrogen and oxygen atoms in total. The van der Waals surface area contributed by atoms with Crippen molar-refractivity contribution in [3.63, 3.8) is 0 Å². The van der Waals surface area contributed by atoms with Gasteiger partial charge in [-0.05, 0) is 67.9 Å². The molecule has 0 spiro atoms. The van der Waals surface area contributed by atoms with Crippen molar-refractivity contribution in [1.29, 1.82) is 0 Å². The Bertz CT molecular complexity index is 959. The Balaban J connectivity index is 1.56. The maximum atomic E-state index is 5.94. The largest absolute Gasteiger partial charge is 0.370 e. The lowest BCUT2D eigenvalue weighted by atomic mass is 10.2. The number of hydrogen-bond donors (Lipinski definition) is 7. The van der Waals surface area contributed by atoms with Crippen LogP contribution < -0.4 is 38.9 Å². The normalized spacial score (nSPS) is 13.6. The number of aliphatic imine (C=N–C) groups is 3. The maximum absolute atomic E-state index is 5.94. The van der Waals surface area contributed by atoms with Crippen LogP contribution in [0.25, 0.3) is 0 Å². The van der Waals surface area contributed by atoms with E-state index in [0.29, 0.717) is 16.6 Å². The average molecular weight is 507 g/mol. The smallest absolute Gasteiger partial charge is 0.218 e. The van der Waals surface area contributed by atoms with E-state index in [9.17, 15) is 0 Å². The summed E-state index contributed by atoms with van der Waals surface area (Å²) in [4.78, 5) is 12.4. The molecule has 0 saturated heterocycles.